The van der Waals surface area contributed by atoms with E-state index in [4.69, 9.17) is 5.73 Å². The van der Waals surface area contributed by atoms with Crippen molar-refractivity contribution in [2.45, 2.75) is 25.8 Å². The number of imidazole rings is 1. The van der Waals surface area contributed by atoms with Gasteiger partial charge >= 0.3 is 0 Å². The molecule has 2 unspecified atom stereocenters. The van der Waals surface area contributed by atoms with Crippen LogP contribution in [0.4, 0.5) is 5.69 Å². The van der Waals surface area contributed by atoms with Crippen molar-refractivity contribution >= 4 is 53.3 Å². The highest BCUT2D eigenvalue weighted by atomic mass is 35.5. The van der Waals surface area contributed by atoms with Gasteiger partial charge in [0.15, 0.2) is 0 Å². The second-order valence-electron chi connectivity index (χ2n) is 7.69. The normalized spacial score (nSPS) is 18.1. The maximum Gasteiger partial charge on any atom is 0.255 e. The standard InChI is InChI=1S/C22H25N5O2.2ClH/c1-14-7-8-27(18(9-14)12-23)22(29)16-3-2-4-17(10-16)26-21(28)15-5-6-19-20(11-15)25-13-24-19;;/h2-6,10-11,13-14,18H,7-9,12,23H2,1H3,(H,24,25)(H,26,28);2*1H. The number of H-pyrrole nitrogens is 1. The number of aromatic amines is 1. The monoisotopic (exact) mass is 463 g/mol. The van der Waals surface area contributed by atoms with Crippen LogP contribution in [0.1, 0.15) is 40.5 Å². The lowest BCUT2D eigenvalue weighted by atomic mass is 9.92. The number of nitrogens with two attached hydrogens (primary N) is 1. The van der Waals surface area contributed by atoms with Crippen molar-refractivity contribution in [2.75, 3.05) is 18.4 Å². The van der Waals surface area contributed by atoms with E-state index >= 15 is 0 Å². The average Bonchev–Trinajstić information content (AvgIpc) is 3.21. The molecule has 0 saturated carbocycles. The van der Waals surface area contributed by atoms with E-state index in [0.29, 0.717) is 35.8 Å². The highest BCUT2D eigenvalue weighted by molar-refractivity contribution is 6.06. The van der Waals surface area contributed by atoms with E-state index in [1.54, 1.807) is 48.8 Å². The summed E-state index contributed by atoms with van der Waals surface area (Å²) in [5, 5.41) is 2.88. The molecular weight excluding hydrogens is 437 g/mol. The largest absolute Gasteiger partial charge is 0.345 e. The van der Waals surface area contributed by atoms with Crippen LogP contribution in [0.15, 0.2) is 48.8 Å². The number of fused-ring (bicyclic) bond motifs is 1. The molecule has 31 heavy (non-hydrogen) atoms. The Morgan fingerprint density at radius 2 is 2.00 bits per heavy atom. The Kier molecular flexibility index (Phi) is 8.44. The first-order valence-electron chi connectivity index (χ1n) is 9.90. The molecular formula is C22H27Cl2N5O2. The van der Waals surface area contributed by atoms with Crippen LogP contribution < -0.4 is 11.1 Å². The number of hydrogen-bond acceptors (Lipinski definition) is 4. The zero-order chi connectivity index (χ0) is 20.4. The maximum absolute atomic E-state index is 13.0. The first-order valence-corrected chi connectivity index (χ1v) is 9.90. The van der Waals surface area contributed by atoms with Crippen LogP contribution in [0.5, 0.6) is 0 Å². The molecule has 1 saturated heterocycles. The Morgan fingerprint density at radius 1 is 1.19 bits per heavy atom. The molecule has 3 aromatic rings. The van der Waals surface area contributed by atoms with E-state index < -0.39 is 0 Å². The van der Waals surface area contributed by atoms with Gasteiger partial charge in [0.1, 0.15) is 0 Å². The third-order valence-electron chi connectivity index (χ3n) is 5.56. The van der Waals surface area contributed by atoms with Gasteiger partial charge in [-0.1, -0.05) is 13.0 Å². The maximum atomic E-state index is 13.0. The van der Waals surface area contributed by atoms with Crippen molar-refractivity contribution in [3.8, 4) is 0 Å². The minimum absolute atomic E-state index is 0. The van der Waals surface area contributed by atoms with Gasteiger partial charge in [0.2, 0.25) is 0 Å². The molecule has 2 aromatic carbocycles. The number of anilines is 1. The topological polar surface area (TPSA) is 104 Å². The molecule has 0 bridgehead atoms. The molecule has 1 fully saturated rings. The van der Waals surface area contributed by atoms with Crippen LogP contribution in [0.2, 0.25) is 0 Å². The van der Waals surface area contributed by atoms with E-state index in [-0.39, 0.29) is 42.7 Å². The van der Waals surface area contributed by atoms with Gasteiger partial charge in [-0.2, -0.15) is 0 Å². The molecule has 0 aliphatic carbocycles. The van der Waals surface area contributed by atoms with E-state index in [2.05, 4.69) is 22.2 Å². The van der Waals surface area contributed by atoms with Crippen molar-refractivity contribution < 1.29 is 9.59 Å². The molecule has 2 amide bonds. The molecule has 0 spiro atoms. The fraction of sp³-hybridized carbons (Fsp3) is 0.318. The molecule has 4 rings (SSSR count). The minimum Gasteiger partial charge on any atom is -0.345 e. The summed E-state index contributed by atoms with van der Waals surface area (Å²) in [6.45, 7) is 3.37. The second-order valence-corrected chi connectivity index (χ2v) is 7.69. The molecule has 0 radical (unpaired) electrons. The number of carbonyl (C=O) groups excluding carboxylic acids is 2. The number of amides is 2. The number of benzene rings is 2. The van der Waals surface area contributed by atoms with Gasteiger partial charge in [0, 0.05) is 35.9 Å². The van der Waals surface area contributed by atoms with Crippen LogP contribution in [-0.2, 0) is 0 Å². The Labute approximate surface area is 193 Å². The van der Waals surface area contributed by atoms with Crippen molar-refractivity contribution in [2.24, 2.45) is 11.7 Å². The Balaban J connectivity index is 0.00000171. The van der Waals surface area contributed by atoms with Crippen LogP contribution in [0, 0.1) is 5.92 Å². The molecule has 7 nitrogen and oxygen atoms in total. The highest BCUT2D eigenvalue weighted by Gasteiger charge is 2.29. The van der Waals surface area contributed by atoms with Crippen LogP contribution in [-0.4, -0.2) is 45.8 Å². The molecule has 166 valence electrons. The molecule has 9 heteroatoms. The summed E-state index contributed by atoms with van der Waals surface area (Å²) in [4.78, 5) is 34.7. The van der Waals surface area contributed by atoms with Gasteiger partial charge < -0.3 is 20.9 Å². The van der Waals surface area contributed by atoms with E-state index in [1.807, 2.05) is 4.90 Å². The lowest BCUT2D eigenvalue weighted by Gasteiger charge is -2.38. The van der Waals surface area contributed by atoms with Crippen LogP contribution >= 0.6 is 24.8 Å². The third kappa shape index (κ3) is 5.36. The number of aromatic nitrogens is 2. The van der Waals surface area contributed by atoms with E-state index in [0.717, 1.165) is 23.9 Å². The number of piperidine rings is 1. The first-order chi connectivity index (χ1) is 14.0. The summed E-state index contributed by atoms with van der Waals surface area (Å²) >= 11 is 0. The average molecular weight is 464 g/mol. The zero-order valence-electron chi connectivity index (χ0n) is 17.2. The predicted octanol–water partition coefficient (Wildman–Crippen LogP) is 3.86. The summed E-state index contributed by atoms with van der Waals surface area (Å²) in [5.41, 5.74) is 9.17. The van der Waals surface area contributed by atoms with Gasteiger partial charge in [-0.05, 0) is 55.2 Å². The molecule has 2 atom stereocenters. The number of likely N-dealkylation sites (tertiary alicyclic amines) is 1. The van der Waals surface area contributed by atoms with Crippen molar-refractivity contribution in [3.05, 3.63) is 59.9 Å². The number of rotatable bonds is 4. The summed E-state index contributed by atoms with van der Waals surface area (Å²) in [5.74, 6) is 0.297. The van der Waals surface area contributed by atoms with Gasteiger partial charge in [0.05, 0.1) is 17.4 Å². The lowest BCUT2D eigenvalue weighted by molar-refractivity contribution is 0.0573. The third-order valence-corrected chi connectivity index (χ3v) is 5.56. The number of carbonyl (C=O) groups is 2. The SMILES string of the molecule is CC1CCN(C(=O)c2cccc(NC(=O)c3ccc4nc[nH]c4c3)c2)C(CN)C1.Cl.Cl. The van der Waals surface area contributed by atoms with Gasteiger partial charge in [0.25, 0.3) is 11.8 Å². The van der Waals surface area contributed by atoms with Gasteiger partial charge in [-0.3, -0.25) is 9.59 Å². The lowest BCUT2D eigenvalue weighted by Crippen LogP contribution is -2.49. The summed E-state index contributed by atoms with van der Waals surface area (Å²) in [6.07, 6.45) is 3.50. The Morgan fingerprint density at radius 3 is 2.77 bits per heavy atom. The number of halogens is 2. The summed E-state index contributed by atoms with van der Waals surface area (Å²) in [7, 11) is 0. The molecule has 1 aliphatic rings. The van der Waals surface area contributed by atoms with Gasteiger partial charge in [-0.25, -0.2) is 4.98 Å². The van der Waals surface area contributed by atoms with Gasteiger partial charge in [-0.15, -0.1) is 24.8 Å². The zero-order valence-corrected chi connectivity index (χ0v) is 18.8. The fourth-order valence-electron chi connectivity index (χ4n) is 3.92. The van der Waals surface area contributed by atoms with Crippen LogP contribution in [0.3, 0.4) is 0 Å². The van der Waals surface area contributed by atoms with Crippen molar-refractivity contribution in [3.63, 3.8) is 0 Å². The predicted molar refractivity (Wildman–Crippen MR) is 127 cm³/mol. The number of nitrogens with one attached hydrogen (secondary N) is 2. The molecule has 1 aromatic heterocycles. The Hall–Kier alpha value is -2.61. The molecule has 4 N–H and O–H groups in total. The van der Waals surface area contributed by atoms with Crippen molar-refractivity contribution in [1.82, 2.24) is 14.9 Å². The first kappa shape index (κ1) is 24.7. The Bertz CT molecular complexity index is 1060. The second kappa shape index (κ2) is 10.6. The molecule has 1 aliphatic heterocycles. The molecule has 2 heterocycles. The quantitative estimate of drug-likeness (QED) is 0.546. The highest BCUT2D eigenvalue weighted by Crippen LogP contribution is 2.24. The number of hydrogen-bond donors (Lipinski definition) is 3. The van der Waals surface area contributed by atoms with Crippen molar-refractivity contribution in [1.29, 1.82) is 0 Å². The van der Waals surface area contributed by atoms with E-state index in [1.165, 1.54) is 0 Å². The summed E-state index contributed by atoms with van der Waals surface area (Å²) in [6, 6.07) is 12.4. The number of nitrogens with zero attached hydrogens (tertiary/aromatic N) is 2. The van der Waals surface area contributed by atoms with Crippen LogP contribution in [0.25, 0.3) is 11.0 Å². The fourth-order valence-corrected chi connectivity index (χ4v) is 3.92. The van der Waals surface area contributed by atoms with E-state index in [9.17, 15) is 9.59 Å². The summed E-state index contributed by atoms with van der Waals surface area (Å²) < 4.78 is 0. The smallest absolute Gasteiger partial charge is 0.255 e. The minimum atomic E-state index is -0.238.